The maximum atomic E-state index is 12.7. The zero-order chi connectivity index (χ0) is 25.7. The van der Waals surface area contributed by atoms with Gasteiger partial charge in [-0.3, -0.25) is 24.0 Å². The molecule has 1 aromatic carbocycles. The number of carboxylic acid groups (broad SMARTS) is 1. The molecule has 0 heterocycles. The molecule has 12 nitrogen and oxygen atoms in total. The number of hydrogen-bond acceptors (Lipinski definition) is 8. The van der Waals surface area contributed by atoms with Crippen LogP contribution in [-0.2, 0) is 35.3 Å². The first kappa shape index (κ1) is 28.4. The van der Waals surface area contributed by atoms with E-state index < -0.39 is 58.8 Å². The lowest BCUT2D eigenvalue weighted by molar-refractivity contribution is -0.134. The highest BCUT2D eigenvalue weighted by Gasteiger charge is 2.26. The molecule has 0 bridgehead atoms. The number of carboxylic acids is 1. The number of hydrogen-bond donors (Lipinski definition) is 5. The fourth-order valence-electron chi connectivity index (χ4n) is 2.44. The van der Waals surface area contributed by atoms with E-state index in [0.717, 1.165) is 0 Å². The Hall–Kier alpha value is -3.61. The van der Waals surface area contributed by atoms with Crippen molar-refractivity contribution in [3.8, 4) is 0 Å². The number of carbonyl (C=O) groups is 6. The van der Waals surface area contributed by atoms with Gasteiger partial charge in [0.15, 0.2) is 5.12 Å². The van der Waals surface area contributed by atoms with Gasteiger partial charge in [-0.2, -0.15) is 0 Å². The Bertz CT molecular complexity index is 896. The predicted octanol–water partition coefficient (Wildman–Crippen LogP) is -0.0993. The summed E-state index contributed by atoms with van der Waals surface area (Å²) in [5.74, 6) is -3.82. The number of thioether (sulfide) groups is 1. The molecule has 1 unspecified atom stereocenters. The lowest BCUT2D eigenvalue weighted by atomic mass is 10.1. The Morgan fingerprint density at radius 3 is 2.18 bits per heavy atom. The second kappa shape index (κ2) is 14.5. The quantitative estimate of drug-likeness (QED) is 0.248. The van der Waals surface area contributed by atoms with Crippen LogP contribution >= 0.6 is 11.8 Å². The van der Waals surface area contributed by atoms with Crippen molar-refractivity contribution in [2.75, 3.05) is 5.75 Å². The van der Waals surface area contributed by atoms with Crippen molar-refractivity contribution in [2.45, 2.75) is 51.4 Å². The van der Waals surface area contributed by atoms with Gasteiger partial charge in [0.25, 0.3) is 0 Å². The second-order valence-corrected chi connectivity index (χ2v) is 8.25. The van der Waals surface area contributed by atoms with Crippen molar-refractivity contribution in [1.29, 1.82) is 0 Å². The number of nitrogens with one attached hydrogen (secondary N) is 3. The minimum Gasteiger partial charge on any atom is -0.481 e. The summed E-state index contributed by atoms with van der Waals surface area (Å²) in [6, 6.07) is 5.50. The molecule has 0 saturated carbocycles. The first-order chi connectivity index (χ1) is 16.0. The Morgan fingerprint density at radius 1 is 0.971 bits per heavy atom. The molecular formula is C21H28N4O8S. The van der Waals surface area contributed by atoms with E-state index in [1.54, 1.807) is 30.3 Å². The number of alkyl carbamates (subject to hydrolysis) is 1. The molecule has 0 saturated heterocycles. The van der Waals surface area contributed by atoms with Crippen LogP contribution in [0.2, 0.25) is 0 Å². The van der Waals surface area contributed by atoms with E-state index in [1.807, 2.05) is 0 Å². The molecule has 0 spiro atoms. The molecule has 13 heteroatoms. The summed E-state index contributed by atoms with van der Waals surface area (Å²) < 4.78 is 5.10. The zero-order valence-electron chi connectivity index (χ0n) is 18.7. The third-order valence-electron chi connectivity index (χ3n) is 4.35. The average Bonchev–Trinajstić information content (AvgIpc) is 2.79. The Morgan fingerprint density at radius 2 is 1.59 bits per heavy atom. The summed E-state index contributed by atoms with van der Waals surface area (Å²) in [6.45, 7) is 2.68. The van der Waals surface area contributed by atoms with Gasteiger partial charge in [0.1, 0.15) is 24.7 Å². The number of ether oxygens (including phenoxy) is 1. The molecule has 4 amide bonds. The number of nitrogens with two attached hydrogens (primary N) is 1. The minimum atomic E-state index is -1.25. The lowest BCUT2D eigenvalue weighted by Crippen LogP contribution is -2.55. The molecule has 0 aliphatic heterocycles. The first-order valence-electron chi connectivity index (χ1n) is 10.2. The smallest absolute Gasteiger partial charge is 0.408 e. The Labute approximate surface area is 200 Å². The molecule has 34 heavy (non-hydrogen) atoms. The van der Waals surface area contributed by atoms with E-state index in [1.165, 1.54) is 13.8 Å². The third kappa shape index (κ3) is 11.3. The Balaban J connectivity index is 2.75. The molecule has 0 fully saturated rings. The van der Waals surface area contributed by atoms with Gasteiger partial charge in [-0.1, -0.05) is 42.1 Å². The van der Waals surface area contributed by atoms with Gasteiger partial charge in [0.2, 0.25) is 17.7 Å². The molecule has 0 aromatic heterocycles. The van der Waals surface area contributed by atoms with Crippen LogP contribution in [0.15, 0.2) is 30.3 Å². The molecule has 186 valence electrons. The zero-order valence-corrected chi connectivity index (χ0v) is 19.6. The summed E-state index contributed by atoms with van der Waals surface area (Å²) in [5, 5.41) is 15.3. The minimum absolute atomic E-state index is 0.0573. The molecule has 1 aromatic rings. The second-order valence-electron chi connectivity index (χ2n) is 7.21. The van der Waals surface area contributed by atoms with Crippen LogP contribution in [0.1, 0.15) is 32.3 Å². The van der Waals surface area contributed by atoms with E-state index in [9.17, 15) is 28.8 Å². The molecule has 6 N–H and O–H groups in total. The normalized spacial score (nSPS) is 13.0. The van der Waals surface area contributed by atoms with Crippen molar-refractivity contribution in [1.82, 2.24) is 16.0 Å². The summed E-state index contributed by atoms with van der Waals surface area (Å²) in [6.07, 6.45) is -1.30. The molecule has 3 atom stereocenters. The van der Waals surface area contributed by atoms with Crippen LogP contribution < -0.4 is 21.7 Å². The van der Waals surface area contributed by atoms with E-state index in [0.29, 0.717) is 17.3 Å². The Kier molecular flexibility index (Phi) is 12.1. The molecular weight excluding hydrogens is 468 g/mol. The number of amides is 4. The topological polar surface area (TPSA) is 194 Å². The van der Waals surface area contributed by atoms with E-state index in [2.05, 4.69) is 16.0 Å². The molecule has 1 rings (SSSR count). The van der Waals surface area contributed by atoms with Crippen LogP contribution in [0.4, 0.5) is 4.79 Å². The number of primary amides is 1. The summed E-state index contributed by atoms with van der Waals surface area (Å²) >= 11 is 0.571. The summed E-state index contributed by atoms with van der Waals surface area (Å²) in [7, 11) is 0. The van der Waals surface area contributed by atoms with Crippen molar-refractivity contribution in [3.63, 3.8) is 0 Å². The number of rotatable bonds is 13. The molecule has 0 radical (unpaired) electrons. The van der Waals surface area contributed by atoms with Gasteiger partial charge < -0.3 is 31.5 Å². The van der Waals surface area contributed by atoms with Gasteiger partial charge in [-0.25, -0.2) is 4.79 Å². The van der Waals surface area contributed by atoms with E-state index in [-0.39, 0.29) is 19.4 Å². The number of aliphatic carboxylic acids is 1. The SMILES string of the molecule is C[C@H](NC(=O)[C@H](C)NC(=O)C(CCC(=O)SCC(=O)O)NC(=O)OCc1ccccc1)C(N)=O. The number of carbonyl (C=O) groups excluding carboxylic acids is 5. The first-order valence-corrected chi connectivity index (χ1v) is 11.2. The fourth-order valence-corrected chi connectivity index (χ4v) is 2.99. The van der Waals surface area contributed by atoms with Crippen LogP contribution in [0.3, 0.4) is 0 Å². The van der Waals surface area contributed by atoms with Gasteiger partial charge in [-0.15, -0.1) is 0 Å². The standard InChI is InChI=1S/C21H28N4O8S/c1-12(18(22)29)23-19(30)13(2)24-20(31)15(8-9-17(28)34-11-16(26)27)25-21(32)33-10-14-6-4-3-5-7-14/h3-7,12-13,15H,8-11H2,1-2H3,(H2,22,29)(H,23,30)(H,24,31)(H,25,32)(H,26,27)/t12-,13-,15?/m0/s1. The maximum Gasteiger partial charge on any atom is 0.408 e. The van der Waals surface area contributed by atoms with Crippen LogP contribution in [0, 0.1) is 0 Å². The van der Waals surface area contributed by atoms with Gasteiger partial charge in [0, 0.05) is 6.42 Å². The van der Waals surface area contributed by atoms with Crippen LogP contribution in [0.5, 0.6) is 0 Å². The van der Waals surface area contributed by atoms with Gasteiger partial charge in [0.05, 0.1) is 5.75 Å². The van der Waals surface area contributed by atoms with Gasteiger partial charge in [-0.05, 0) is 25.8 Å². The van der Waals surface area contributed by atoms with Crippen molar-refractivity contribution >= 4 is 46.7 Å². The van der Waals surface area contributed by atoms with Crippen molar-refractivity contribution in [2.24, 2.45) is 5.73 Å². The van der Waals surface area contributed by atoms with E-state index >= 15 is 0 Å². The highest BCUT2D eigenvalue weighted by molar-refractivity contribution is 8.14. The largest absolute Gasteiger partial charge is 0.481 e. The summed E-state index contributed by atoms with van der Waals surface area (Å²) in [4.78, 5) is 70.7. The average molecular weight is 497 g/mol. The maximum absolute atomic E-state index is 12.7. The highest BCUT2D eigenvalue weighted by atomic mass is 32.2. The number of benzene rings is 1. The van der Waals surface area contributed by atoms with E-state index in [4.69, 9.17) is 15.6 Å². The predicted molar refractivity (Wildman–Crippen MR) is 122 cm³/mol. The van der Waals surface area contributed by atoms with Crippen molar-refractivity contribution in [3.05, 3.63) is 35.9 Å². The van der Waals surface area contributed by atoms with Crippen LogP contribution in [0.25, 0.3) is 0 Å². The fraction of sp³-hybridized carbons (Fsp3) is 0.429. The van der Waals surface area contributed by atoms with Gasteiger partial charge >= 0.3 is 12.1 Å². The third-order valence-corrected chi connectivity index (χ3v) is 5.27. The summed E-state index contributed by atoms with van der Waals surface area (Å²) in [5.41, 5.74) is 5.81. The molecule has 0 aliphatic rings. The van der Waals surface area contributed by atoms with Crippen molar-refractivity contribution < 1.29 is 38.6 Å². The monoisotopic (exact) mass is 496 g/mol. The lowest BCUT2D eigenvalue weighted by Gasteiger charge is -2.21. The molecule has 0 aliphatic carbocycles. The van der Waals surface area contributed by atoms with Crippen LogP contribution in [-0.4, -0.2) is 63.9 Å². The highest BCUT2D eigenvalue weighted by Crippen LogP contribution is 2.10.